The topological polar surface area (TPSA) is 48.1 Å². The van der Waals surface area contributed by atoms with Gasteiger partial charge in [-0.1, -0.05) is 0 Å². The number of nitrogens with two attached hydrogens (primary N) is 1. The number of pyridine rings is 1. The zero-order chi connectivity index (χ0) is 15.7. The van der Waals surface area contributed by atoms with Crippen LogP contribution in [0.4, 0.5) is 35.1 Å². The van der Waals surface area contributed by atoms with E-state index in [0.29, 0.717) is 0 Å². The fourth-order valence-electron chi connectivity index (χ4n) is 1.45. The Kier molecular flexibility index (Phi) is 4.42. The Hall–Kier alpha value is -1.65. The highest BCUT2D eigenvalue weighted by molar-refractivity contribution is 5.43. The van der Waals surface area contributed by atoms with E-state index in [2.05, 4.69) is 9.72 Å². The Morgan fingerprint density at radius 2 is 1.70 bits per heavy atom. The van der Waals surface area contributed by atoms with Crippen LogP contribution in [0.3, 0.4) is 0 Å². The van der Waals surface area contributed by atoms with E-state index in [1.165, 1.54) is 0 Å². The van der Waals surface area contributed by atoms with Crippen LogP contribution in [0, 0.1) is 0 Å². The van der Waals surface area contributed by atoms with Gasteiger partial charge in [-0.2, -0.15) is 13.2 Å². The number of aromatic nitrogens is 1. The van der Waals surface area contributed by atoms with Crippen LogP contribution in [-0.4, -0.2) is 11.3 Å². The molecule has 3 nitrogen and oxygen atoms in total. The molecule has 114 valence electrons. The highest BCUT2D eigenvalue weighted by atomic mass is 19.4. The molecule has 2 N–H and O–H groups in total. The summed E-state index contributed by atoms with van der Waals surface area (Å²) in [6.07, 6.45) is -14.2. The standard InChI is InChI=1S/C9H6F8N2O/c10-7(11)6-5(8(12,13)14)3(1-18)4(2-19-6)20-9(15,16)17/h2,7H,1,18H2. The van der Waals surface area contributed by atoms with Crippen LogP contribution in [0.5, 0.6) is 5.75 Å². The Morgan fingerprint density at radius 3 is 2.05 bits per heavy atom. The highest BCUT2D eigenvalue weighted by Crippen LogP contribution is 2.41. The van der Waals surface area contributed by atoms with E-state index in [0.717, 1.165) is 0 Å². The summed E-state index contributed by atoms with van der Waals surface area (Å²) in [5.74, 6) is -1.36. The lowest BCUT2D eigenvalue weighted by atomic mass is 10.0. The van der Waals surface area contributed by atoms with Crippen molar-refractivity contribution in [2.45, 2.75) is 25.5 Å². The molecule has 0 atom stereocenters. The molecule has 0 saturated carbocycles. The van der Waals surface area contributed by atoms with Gasteiger partial charge in [-0.05, 0) is 0 Å². The van der Waals surface area contributed by atoms with Crippen LogP contribution in [0.15, 0.2) is 6.20 Å². The van der Waals surface area contributed by atoms with Gasteiger partial charge in [-0.25, -0.2) is 8.78 Å². The normalized spacial score (nSPS) is 12.9. The third kappa shape index (κ3) is 3.68. The molecule has 0 amide bonds. The number of ether oxygens (including phenoxy) is 1. The molecule has 0 aliphatic rings. The van der Waals surface area contributed by atoms with Gasteiger partial charge in [-0.15, -0.1) is 13.2 Å². The van der Waals surface area contributed by atoms with Crippen molar-refractivity contribution < 1.29 is 39.9 Å². The summed E-state index contributed by atoms with van der Waals surface area (Å²) in [6, 6.07) is 0. The van der Waals surface area contributed by atoms with Crippen LogP contribution < -0.4 is 10.5 Å². The van der Waals surface area contributed by atoms with Crippen molar-refractivity contribution in [3.63, 3.8) is 0 Å². The lowest BCUT2D eigenvalue weighted by Crippen LogP contribution is -2.23. The maximum absolute atomic E-state index is 12.7. The molecule has 0 bridgehead atoms. The number of hydrogen-bond acceptors (Lipinski definition) is 3. The van der Waals surface area contributed by atoms with Crippen molar-refractivity contribution >= 4 is 0 Å². The molecule has 11 heteroatoms. The van der Waals surface area contributed by atoms with Crippen molar-refractivity contribution in [2.24, 2.45) is 5.73 Å². The molecule has 1 heterocycles. The van der Waals surface area contributed by atoms with Crippen LogP contribution in [0.25, 0.3) is 0 Å². The van der Waals surface area contributed by atoms with E-state index < -0.39 is 48.1 Å². The molecular weight excluding hydrogens is 304 g/mol. The molecule has 0 aliphatic carbocycles. The highest BCUT2D eigenvalue weighted by Gasteiger charge is 2.42. The minimum absolute atomic E-state index is 0.131. The second-order valence-corrected chi connectivity index (χ2v) is 3.41. The Bertz CT molecular complexity index is 482. The minimum atomic E-state index is -5.35. The average Bonchev–Trinajstić information content (AvgIpc) is 2.24. The largest absolute Gasteiger partial charge is 0.573 e. The van der Waals surface area contributed by atoms with Gasteiger partial charge in [0.2, 0.25) is 0 Å². The molecule has 1 aromatic heterocycles. The third-order valence-electron chi connectivity index (χ3n) is 2.10. The molecule has 0 spiro atoms. The first-order valence-corrected chi connectivity index (χ1v) is 4.80. The maximum atomic E-state index is 12.7. The lowest BCUT2D eigenvalue weighted by molar-refractivity contribution is -0.275. The van der Waals surface area contributed by atoms with E-state index in [9.17, 15) is 35.1 Å². The minimum Gasteiger partial charge on any atom is -0.404 e. The van der Waals surface area contributed by atoms with Crippen LogP contribution in [0.2, 0.25) is 0 Å². The molecule has 0 saturated heterocycles. The number of nitrogens with zero attached hydrogens (tertiary/aromatic N) is 1. The Morgan fingerprint density at radius 1 is 1.15 bits per heavy atom. The molecule has 0 unspecified atom stereocenters. The summed E-state index contributed by atoms with van der Waals surface area (Å²) < 4.78 is 102. The van der Waals surface area contributed by atoms with Gasteiger partial charge in [0.15, 0.2) is 5.75 Å². The summed E-state index contributed by atoms with van der Waals surface area (Å²) in [4.78, 5) is 2.69. The predicted octanol–water partition coefficient (Wildman–Crippen LogP) is 3.40. The van der Waals surface area contributed by atoms with Crippen molar-refractivity contribution in [1.82, 2.24) is 4.98 Å². The van der Waals surface area contributed by atoms with Gasteiger partial charge in [-0.3, -0.25) is 4.98 Å². The monoisotopic (exact) mass is 310 g/mol. The SMILES string of the molecule is NCc1c(OC(F)(F)F)cnc(C(F)F)c1C(F)(F)F. The first kappa shape index (κ1) is 16.4. The molecule has 20 heavy (non-hydrogen) atoms. The Balaban J connectivity index is 3.53. The summed E-state index contributed by atoms with van der Waals surface area (Å²) in [6.45, 7) is -1.08. The predicted molar refractivity (Wildman–Crippen MR) is 48.8 cm³/mol. The van der Waals surface area contributed by atoms with E-state index >= 15 is 0 Å². The van der Waals surface area contributed by atoms with E-state index in [-0.39, 0.29) is 6.20 Å². The zero-order valence-corrected chi connectivity index (χ0v) is 9.32. The van der Waals surface area contributed by atoms with Gasteiger partial charge in [0.25, 0.3) is 6.43 Å². The quantitative estimate of drug-likeness (QED) is 0.871. The zero-order valence-electron chi connectivity index (χ0n) is 9.32. The summed E-state index contributed by atoms with van der Waals surface area (Å²) in [5, 5.41) is 0. The van der Waals surface area contributed by atoms with Gasteiger partial charge in [0.05, 0.1) is 11.8 Å². The second kappa shape index (κ2) is 5.38. The van der Waals surface area contributed by atoms with Crippen molar-refractivity contribution in [3.8, 4) is 5.75 Å². The van der Waals surface area contributed by atoms with E-state index in [4.69, 9.17) is 5.73 Å². The molecule has 0 radical (unpaired) electrons. The number of hydrogen-bond donors (Lipinski definition) is 1. The van der Waals surface area contributed by atoms with E-state index in [1.54, 1.807) is 0 Å². The van der Waals surface area contributed by atoms with Crippen molar-refractivity contribution in [3.05, 3.63) is 23.0 Å². The van der Waals surface area contributed by atoms with Gasteiger partial charge in [0, 0.05) is 12.1 Å². The molecular formula is C9H6F8N2O. The van der Waals surface area contributed by atoms with Gasteiger partial charge in [0.1, 0.15) is 5.69 Å². The summed E-state index contributed by atoms with van der Waals surface area (Å²) >= 11 is 0. The van der Waals surface area contributed by atoms with E-state index in [1.807, 2.05) is 0 Å². The molecule has 0 fully saturated rings. The molecule has 0 aliphatic heterocycles. The third-order valence-corrected chi connectivity index (χ3v) is 2.10. The smallest absolute Gasteiger partial charge is 0.404 e. The summed E-state index contributed by atoms with van der Waals surface area (Å²) in [7, 11) is 0. The second-order valence-electron chi connectivity index (χ2n) is 3.41. The first-order chi connectivity index (χ1) is 8.97. The Labute approximate surface area is 106 Å². The summed E-state index contributed by atoms with van der Waals surface area (Å²) in [5.41, 5.74) is -0.0383. The molecule has 0 aromatic carbocycles. The lowest BCUT2D eigenvalue weighted by Gasteiger charge is -2.19. The van der Waals surface area contributed by atoms with Crippen LogP contribution >= 0.6 is 0 Å². The molecule has 1 rings (SSSR count). The fraction of sp³-hybridized carbons (Fsp3) is 0.444. The number of alkyl halides is 8. The maximum Gasteiger partial charge on any atom is 0.573 e. The molecule has 1 aromatic rings. The van der Waals surface area contributed by atoms with Crippen LogP contribution in [-0.2, 0) is 12.7 Å². The van der Waals surface area contributed by atoms with Crippen molar-refractivity contribution in [2.75, 3.05) is 0 Å². The number of rotatable bonds is 3. The van der Waals surface area contributed by atoms with Gasteiger partial charge < -0.3 is 10.5 Å². The number of halogens is 8. The fourth-order valence-corrected chi connectivity index (χ4v) is 1.45. The average molecular weight is 310 g/mol. The first-order valence-electron chi connectivity index (χ1n) is 4.80. The van der Waals surface area contributed by atoms with Crippen LogP contribution in [0.1, 0.15) is 23.2 Å². The van der Waals surface area contributed by atoms with Crippen molar-refractivity contribution in [1.29, 1.82) is 0 Å². The van der Waals surface area contributed by atoms with Gasteiger partial charge >= 0.3 is 12.5 Å².